The summed E-state index contributed by atoms with van der Waals surface area (Å²) < 4.78 is 47.9. The van der Waals surface area contributed by atoms with E-state index in [1.165, 1.54) is 19.1 Å². The van der Waals surface area contributed by atoms with E-state index < -0.39 is 23.3 Å². The summed E-state index contributed by atoms with van der Waals surface area (Å²) >= 11 is 0. The van der Waals surface area contributed by atoms with E-state index in [1.807, 2.05) is 6.07 Å². The number of benzene rings is 2. The quantitative estimate of drug-likeness (QED) is 0.460. The Labute approximate surface area is 191 Å². The van der Waals surface area contributed by atoms with E-state index in [0.29, 0.717) is 22.6 Å². The molecule has 0 atom stereocenters. The second-order valence-electron chi connectivity index (χ2n) is 7.96. The monoisotopic (exact) mass is 468 g/mol. The van der Waals surface area contributed by atoms with Gasteiger partial charge in [0.2, 0.25) is 0 Å². The minimum Gasteiger partial charge on any atom is -0.491 e. The van der Waals surface area contributed by atoms with Crippen molar-refractivity contribution in [3.05, 3.63) is 81.4 Å². The van der Waals surface area contributed by atoms with Crippen molar-refractivity contribution in [3.8, 4) is 16.9 Å². The predicted molar refractivity (Wildman–Crippen MR) is 119 cm³/mol. The molecule has 2 N–H and O–H groups in total. The van der Waals surface area contributed by atoms with Gasteiger partial charge in [-0.3, -0.25) is 14.7 Å². The van der Waals surface area contributed by atoms with Crippen LogP contribution >= 0.6 is 0 Å². The van der Waals surface area contributed by atoms with Crippen LogP contribution in [0.3, 0.4) is 0 Å². The fraction of sp³-hybridized carbons (Fsp3) is 0.208. The highest BCUT2D eigenvalue weighted by Crippen LogP contribution is 2.38. The molecule has 0 radical (unpaired) electrons. The molecule has 0 unspecified atom stereocenters. The Hall–Kier alpha value is -4.08. The van der Waals surface area contributed by atoms with Gasteiger partial charge in [-0.2, -0.15) is 17.7 Å². The third-order valence-electron chi connectivity index (χ3n) is 5.72. The van der Waals surface area contributed by atoms with Crippen LogP contribution in [0.4, 0.5) is 18.9 Å². The van der Waals surface area contributed by atoms with E-state index in [9.17, 15) is 22.8 Å². The van der Waals surface area contributed by atoms with Gasteiger partial charge in [-0.1, -0.05) is 42.5 Å². The molecule has 0 aliphatic carbocycles. The first-order chi connectivity index (χ1) is 16.3. The molecule has 0 spiro atoms. The van der Waals surface area contributed by atoms with Crippen LogP contribution in [0.2, 0.25) is 0 Å². The number of hydrogen-bond acceptors (Lipinski definition) is 4. The molecule has 4 aromatic rings. The van der Waals surface area contributed by atoms with Crippen LogP contribution in [-0.2, 0) is 12.6 Å². The number of fused-ring (bicyclic) bond motifs is 2. The summed E-state index contributed by atoms with van der Waals surface area (Å²) in [5.41, 5.74) is -1.31. The topological polar surface area (TPSA) is 88.5 Å². The summed E-state index contributed by atoms with van der Waals surface area (Å²) in [5, 5.41) is 4.78. The molecular formula is C24H19F3N4O3. The van der Waals surface area contributed by atoms with E-state index in [0.717, 1.165) is 18.4 Å². The molecule has 0 bridgehead atoms. The molecule has 2 aromatic heterocycles. The lowest BCUT2D eigenvalue weighted by Gasteiger charge is -2.20. The summed E-state index contributed by atoms with van der Waals surface area (Å²) in [5.74, 6) is -0.254. The van der Waals surface area contributed by atoms with Crippen molar-refractivity contribution < 1.29 is 22.7 Å². The van der Waals surface area contributed by atoms with Gasteiger partial charge in [0.15, 0.2) is 5.65 Å². The molecule has 0 fully saturated rings. The summed E-state index contributed by atoms with van der Waals surface area (Å²) in [4.78, 5) is 30.6. The molecule has 5 rings (SSSR count). The number of halogens is 3. The molecule has 1 aliphatic rings. The maximum Gasteiger partial charge on any atom is 0.433 e. The first-order valence-corrected chi connectivity index (χ1v) is 10.6. The maximum absolute atomic E-state index is 13.8. The molecule has 34 heavy (non-hydrogen) atoms. The van der Waals surface area contributed by atoms with Gasteiger partial charge in [0.1, 0.15) is 17.0 Å². The highest BCUT2D eigenvalue weighted by Gasteiger charge is 2.38. The van der Waals surface area contributed by atoms with Gasteiger partial charge < -0.3 is 10.1 Å². The lowest BCUT2D eigenvalue weighted by Crippen LogP contribution is -2.29. The zero-order valence-corrected chi connectivity index (χ0v) is 18.0. The Balaban J connectivity index is 1.64. The summed E-state index contributed by atoms with van der Waals surface area (Å²) in [6.45, 7) is 1.92. The Morgan fingerprint density at radius 1 is 1.15 bits per heavy atom. The standard InChI is InChI=1S/C24H19F3N4O3/c1-13-17(22(32)29-16-11-5-9-15-10-6-12-34-19(15)16)23(33)31-21(28-13)18(14-7-3-2-4-8-14)20(30-31)24(25,26)27/h2-5,7-9,11,30H,6,10,12H2,1H3,(H,29,32). The van der Waals surface area contributed by atoms with Crippen LogP contribution in [0.25, 0.3) is 16.8 Å². The highest BCUT2D eigenvalue weighted by atomic mass is 19.4. The second-order valence-corrected chi connectivity index (χ2v) is 7.96. The first-order valence-electron chi connectivity index (χ1n) is 10.6. The minimum atomic E-state index is -4.78. The number of H-pyrrole nitrogens is 1. The van der Waals surface area contributed by atoms with Gasteiger partial charge in [0, 0.05) is 0 Å². The third kappa shape index (κ3) is 3.60. The fourth-order valence-electron chi connectivity index (χ4n) is 4.20. The van der Waals surface area contributed by atoms with Crippen LogP contribution in [0.15, 0.2) is 53.3 Å². The van der Waals surface area contributed by atoms with Crippen molar-refractivity contribution in [2.45, 2.75) is 25.9 Å². The van der Waals surface area contributed by atoms with E-state index in [4.69, 9.17) is 4.74 Å². The molecule has 0 saturated carbocycles. The summed E-state index contributed by atoms with van der Waals surface area (Å²) in [6.07, 6.45) is -3.13. The van der Waals surface area contributed by atoms with Crippen LogP contribution in [0.5, 0.6) is 5.75 Å². The van der Waals surface area contributed by atoms with Gasteiger partial charge in [-0.25, -0.2) is 4.98 Å². The van der Waals surface area contributed by atoms with Gasteiger partial charge >= 0.3 is 6.18 Å². The normalized spacial score (nSPS) is 13.4. The molecule has 7 nitrogen and oxygen atoms in total. The Morgan fingerprint density at radius 3 is 2.65 bits per heavy atom. The lowest BCUT2D eigenvalue weighted by molar-refractivity contribution is -0.140. The van der Waals surface area contributed by atoms with E-state index >= 15 is 0 Å². The van der Waals surface area contributed by atoms with Crippen molar-refractivity contribution in [3.63, 3.8) is 0 Å². The van der Waals surface area contributed by atoms with E-state index in [-0.39, 0.29) is 28.0 Å². The smallest absolute Gasteiger partial charge is 0.433 e. The second kappa shape index (κ2) is 8.05. The van der Waals surface area contributed by atoms with Crippen molar-refractivity contribution in [1.82, 2.24) is 14.6 Å². The number of alkyl halides is 3. The number of nitrogens with one attached hydrogen (secondary N) is 2. The number of ether oxygens (including phenoxy) is 1. The number of nitrogens with zero attached hydrogens (tertiary/aromatic N) is 2. The number of carbonyl (C=O) groups excluding carboxylic acids is 1. The van der Waals surface area contributed by atoms with E-state index in [1.54, 1.807) is 30.3 Å². The Bertz CT molecular complexity index is 1470. The zero-order chi connectivity index (χ0) is 24.0. The summed E-state index contributed by atoms with van der Waals surface area (Å²) in [7, 11) is 0. The largest absolute Gasteiger partial charge is 0.491 e. The van der Waals surface area contributed by atoms with Gasteiger partial charge in [-0.15, -0.1) is 0 Å². The van der Waals surface area contributed by atoms with Gasteiger partial charge in [0.25, 0.3) is 11.5 Å². The average molecular weight is 468 g/mol. The van der Waals surface area contributed by atoms with Crippen LogP contribution in [0.1, 0.15) is 33.7 Å². The number of anilines is 1. The Morgan fingerprint density at radius 2 is 1.91 bits per heavy atom. The van der Waals surface area contributed by atoms with Crippen molar-refractivity contribution in [2.75, 3.05) is 11.9 Å². The number of aromatic nitrogens is 3. The zero-order valence-electron chi connectivity index (χ0n) is 18.0. The predicted octanol–water partition coefficient (Wildman–Crippen LogP) is 4.59. The molecule has 10 heteroatoms. The van der Waals surface area contributed by atoms with Crippen LogP contribution in [-0.4, -0.2) is 27.1 Å². The van der Waals surface area contributed by atoms with Crippen molar-refractivity contribution >= 4 is 17.2 Å². The SMILES string of the molecule is Cc1nc2c(-c3ccccc3)c(C(F)(F)F)[nH]n2c(=O)c1C(=O)Nc1cccc2c1OCCC2. The maximum atomic E-state index is 13.8. The van der Waals surface area contributed by atoms with E-state index in [2.05, 4.69) is 15.4 Å². The fourth-order valence-corrected chi connectivity index (χ4v) is 4.20. The summed E-state index contributed by atoms with van der Waals surface area (Å²) in [6, 6.07) is 13.1. The number of hydrogen-bond donors (Lipinski definition) is 2. The molecule has 3 heterocycles. The lowest BCUT2D eigenvalue weighted by atomic mass is 10.0. The van der Waals surface area contributed by atoms with Gasteiger partial charge in [-0.05, 0) is 37.0 Å². The molecule has 174 valence electrons. The minimum absolute atomic E-state index is 0.0122. The number of carbonyl (C=O) groups is 1. The third-order valence-corrected chi connectivity index (χ3v) is 5.72. The average Bonchev–Trinajstić information content (AvgIpc) is 3.20. The Kier molecular flexibility index (Phi) is 5.15. The molecule has 2 aromatic carbocycles. The number of para-hydroxylation sites is 1. The van der Waals surface area contributed by atoms with Crippen molar-refractivity contribution in [1.29, 1.82) is 0 Å². The van der Waals surface area contributed by atoms with Crippen LogP contribution < -0.4 is 15.6 Å². The van der Waals surface area contributed by atoms with Crippen LogP contribution in [0, 0.1) is 6.92 Å². The molecule has 0 saturated heterocycles. The molecule has 1 amide bonds. The van der Waals surface area contributed by atoms with Gasteiger partial charge in [0.05, 0.1) is 23.6 Å². The number of aryl methyl sites for hydroxylation is 2. The highest BCUT2D eigenvalue weighted by molar-refractivity contribution is 6.06. The first kappa shape index (κ1) is 21.7. The van der Waals surface area contributed by atoms with Crippen molar-refractivity contribution in [2.24, 2.45) is 0 Å². The number of rotatable bonds is 3. The number of amides is 1. The molecular weight excluding hydrogens is 449 g/mol. The molecule has 1 aliphatic heterocycles. The number of aromatic amines is 1.